The van der Waals surface area contributed by atoms with Crippen molar-refractivity contribution in [2.45, 2.75) is 19.4 Å². The Morgan fingerprint density at radius 3 is 2.79 bits per heavy atom. The molecular weight excluding hydrogens is 328 g/mol. The van der Waals surface area contributed by atoms with Crippen molar-refractivity contribution < 1.29 is 8.42 Å². The number of pyridine rings is 1. The summed E-state index contributed by atoms with van der Waals surface area (Å²) in [5.74, 6) is 1.52. The number of aryl methyl sites for hydroxylation is 1. The number of hydrogen-bond donors (Lipinski definition) is 1. The van der Waals surface area contributed by atoms with Gasteiger partial charge in [0.25, 0.3) is 0 Å². The molecule has 0 amide bonds. The van der Waals surface area contributed by atoms with Crippen LogP contribution in [0.3, 0.4) is 0 Å². The minimum atomic E-state index is -2.99. The third kappa shape index (κ3) is 2.71. The smallest absolute Gasteiger partial charge is 0.176 e. The number of nitrogens with one attached hydrogen (secondary N) is 1. The number of sulfone groups is 1. The second-order valence-electron chi connectivity index (χ2n) is 5.89. The highest BCUT2D eigenvalue weighted by molar-refractivity contribution is 7.91. The Morgan fingerprint density at radius 2 is 2.08 bits per heavy atom. The van der Waals surface area contributed by atoms with Crippen LogP contribution in [0.15, 0.2) is 30.6 Å². The molecule has 1 aliphatic rings. The Morgan fingerprint density at radius 1 is 1.29 bits per heavy atom. The van der Waals surface area contributed by atoms with E-state index in [9.17, 15) is 8.42 Å². The Kier molecular flexibility index (Phi) is 3.45. The molecular formula is C15H16N6O2S. The summed E-state index contributed by atoms with van der Waals surface area (Å²) in [7, 11) is -2.99. The average Bonchev–Trinajstić information content (AvgIpc) is 3.26. The van der Waals surface area contributed by atoms with Gasteiger partial charge in [-0.3, -0.25) is 10.1 Å². The van der Waals surface area contributed by atoms with Crippen molar-refractivity contribution in [3.05, 3.63) is 36.4 Å². The molecule has 4 heterocycles. The monoisotopic (exact) mass is 344 g/mol. The second-order valence-corrected chi connectivity index (χ2v) is 8.12. The first-order valence-electron chi connectivity index (χ1n) is 7.61. The summed E-state index contributed by atoms with van der Waals surface area (Å²) < 4.78 is 25.3. The number of H-pyrrole nitrogens is 1. The van der Waals surface area contributed by atoms with Gasteiger partial charge >= 0.3 is 0 Å². The van der Waals surface area contributed by atoms with Gasteiger partial charge in [-0.25, -0.2) is 18.1 Å². The minimum Gasteiger partial charge on any atom is -0.274 e. The van der Waals surface area contributed by atoms with Gasteiger partial charge in [-0.2, -0.15) is 10.2 Å². The summed E-state index contributed by atoms with van der Waals surface area (Å²) in [5, 5.41) is 11.7. The molecule has 3 aromatic rings. The topological polar surface area (TPSA) is 106 Å². The van der Waals surface area contributed by atoms with Crippen LogP contribution in [0.1, 0.15) is 18.3 Å². The number of aromatic amines is 1. The Bertz CT molecular complexity index is 977. The van der Waals surface area contributed by atoms with E-state index in [-0.39, 0.29) is 17.5 Å². The highest BCUT2D eigenvalue weighted by Gasteiger charge is 2.32. The normalized spacial score (nSPS) is 19.6. The number of hydrogen-bond acceptors (Lipinski definition) is 6. The van der Waals surface area contributed by atoms with Crippen LogP contribution < -0.4 is 0 Å². The maximum Gasteiger partial charge on any atom is 0.176 e. The highest BCUT2D eigenvalue weighted by Crippen LogP contribution is 2.29. The molecule has 1 N–H and O–H groups in total. The molecule has 124 valence electrons. The summed E-state index contributed by atoms with van der Waals surface area (Å²) in [6.45, 7) is 1.80. The molecule has 24 heavy (non-hydrogen) atoms. The molecule has 1 atom stereocenters. The van der Waals surface area contributed by atoms with Crippen LogP contribution in [-0.4, -0.2) is 49.9 Å². The molecule has 1 fully saturated rings. The fourth-order valence-electron chi connectivity index (χ4n) is 2.94. The molecule has 0 bridgehead atoms. The van der Waals surface area contributed by atoms with Crippen molar-refractivity contribution in [3.63, 3.8) is 0 Å². The van der Waals surface area contributed by atoms with Gasteiger partial charge in [-0.15, -0.1) is 0 Å². The molecule has 0 unspecified atom stereocenters. The van der Waals surface area contributed by atoms with Gasteiger partial charge in [0.2, 0.25) is 0 Å². The van der Waals surface area contributed by atoms with E-state index in [1.807, 2.05) is 18.2 Å². The zero-order valence-corrected chi connectivity index (χ0v) is 13.9. The van der Waals surface area contributed by atoms with E-state index in [4.69, 9.17) is 0 Å². The summed E-state index contributed by atoms with van der Waals surface area (Å²) in [6, 6.07) is 5.45. The van der Waals surface area contributed by atoms with Crippen LogP contribution >= 0.6 is 0 Å². The van der Waals surface area contributed by atoms with E-state index in [2.05, 4.69) is 25.3 Å². The molecule has 4 rings (SSSR count). The van der Waals surface area contributed by atoms with Crippen LogP contribution in [0.4, 0.5) is 0 Å². The maximum absolute atomic E-state index is 11.8. The van der Waals surface area contributed by atoms with Crippen molar-refractivity contribution in [2.24, 2.45) is 0 Å². The van der Waals surface area contributed by atoms with Gasteiger partial charge in [-0.1, -0.05) is 0 Å². The average molecular weight is 344 g/mol. The highest BCUT2D eigenvalue weighted by atomic mass is 32.2. The quantitative estimate of drug-likeness (QED) is 0.770. The van der Waals surface area contributed by atoms with Gasteiger partial charge in [0, 0.05) is 18.0 Å². The second kappa shape index (κ2) is 5.52. The van der Waals surface area contributed by atoms with Crippen molar-refractivity contribution in [2.75, 3.05) is 11.5 Å². The lowest BCUT2D eigenvalue weighted by Crippen LogP contribution is -2.14. The maximum atomic E-state index is 11.8. The first kappa shape index (κ1) is 15.0. The predicted molar refractivity (Wildman–Crippen MR) is 87.9 cm³/mol. The molecule has 1 saturated heterocycles. The minimum absolute atomic E-state index is 0.105. The van der Waals surface area contributed by atoms with E-state index in [1.54, 1.807) is 24.0 Å². The largest absolute Gasteiger partial charge is 0.274 e. The molecule has 0 aliphatic carbocycles. The Hall–Kier alpha value is -2.55. The SMILES string of the molecule is Cc1nc(-c2cc(-c3ccncc3)n[nH]2)n([C@H]2CCS(=O)(=O)C2)n1. The first-order valence-corrected chi connectivity index (χ1v) is 9.44. The molecule has 0 saturated carbocycles. The first-order chi connectivity index (χ1) is 11.5. The van der Waals surface area contributed by atoms with E-state index in [0.717, 1.165) is 11.3 Å². The van der Waals surface area contributed by atoms with Crippen molar-refractivity contribution in [1.29, 1.82) is 0 Å². The standard InChI is InChI=1S/C15H16N6O2S/c1-10-17-15(21(20-10)12-4-7-24(22,23)9-12)14-8-13(18-19-14)11-2-5-16-6-3-11/h2-3,5-6,8,12H,4,7,9H2,1H3,(H,18,19)/t12-/m0/s1. The lowest BCUT2D eigenvalue weighted by atomic mass is 10.2. The van der Waals surface area contributed by atoms with E-state index in [0.29, 0.717) is 23.8 Å². The van der Waals surface area contributed by atoms with Gasteiger partial charge in [0.15, 0.2) is 15.7 Å². The summed E-state index contributed by atoms with van der Waals surface area (Å²) in [6.07, 6.45) is 3.98. The Labute approximate surface area is 138 Å². The summed E-state index contributed by atoms with van der Waals surface area (Å²) in [5.41, 5.74) is 2.43. The molecule has 0 aromatic carbocycles. The third-order valence-electron chi connectivity index (χ3n) is 4.09. The number of nitrogens with zero attached hydrogens (tertiary/aromatic N) is 5. The Balaban J connectivity index is 1.72. The molecule has 8 nitrogen and oxygen atoms in total. The molecule has 0 spiro atoms. The van der Waals surface area contributed by atoms with Gasteiger partial charge < -0.3 is 0 Å². The van der Waals surface area contributed by atoms with Crippen LogP contribution in [0.5, 0.6) is 0 Å². The predicted octanol–water partition coefficient (Wildman–Crippen LogP) is 1.40. The van der Waals surface area contributed by atoms with Gasteiger partial charge in [0.05, 0.1) is 23.2 Å². The lowest BCUT2D eigenvalue weighted by Gasteiger charge is -2.10. The fraction of sp³-hybridized carbons (Fsp3) is 0.333. The fourth-order valence-corrected chi connectivity index (χ4v) is 4.64. The van der Waals surface area contributed by atoms with Gasteiger partial charge in [-0.05, 0) is 31.5 Å². The number of rotatable bonds is 3. The van der Waals surface area contributed by atoms with E-state index in [1.165, 1.54) is 0 Å². The molecule has 3 aromatic heterocycles. The molecule has 0 radical (unpaired) electrons. The zero-order valence-electron chi connectivity index (χ0n) is 13.0. The lowest BCUT2D eigenvalue weighted by molar-refractivity contribution is 0.501. The summed E-state index contributed by atoms with van der Waals surface area (Å²) in [4.78, 5) is 8.45. The van der Waals surface area contributed by atoms with E-state index < -0.39 is 9.84 Å². The van der Waals surface area contributed by atoms with E-state index >= 15 is 0 Å². The van der Waals surface area contributed by atoms with Crippen molar-refractivity contribution in [1.82, 2.24) is 29.9 Å². The zero-order chi connectivity index (χ0) is 16.7. The van der Waals surface area contributed by atoms with Crippen LogP contribution in [0.2, 0.25) is 0 Å². The van der Waals surface area contributed by atoms with Crippen LogP contribution in [0.25, 0.3) is 22.8 Å². The summed E-state index contributed by atoms with van der Waals surface area (Å²) >= 11 is 0. The molecule has 1 aliphatic heterocycles. The third-order valence-corrected chi connectivity index (χ3v) is 5.84. The van der Waals surface area contributed by atoms with Gasteiger partial charge in [0.1, 0.15) is 11.5 Å². The number of aromatic nitrogens is 6. The van der Waals surface area contributed by atoms with Crippen molar-refractivity contribution >= 4 is 9.84 Å². The molecule has 9 heteroatoms. The van der Waals surface area contributed by atoms with Crippen LogP contribution in [-0.2, 0) is 9.84 Å². The van der Waals surface area contributed by atoms with Crippen molar-refractivity contribution in [3.8, 4) is 22.8 Å². The van der Waals surface area contributed by atoms with Crippen LogP contribution in [0, 0.1) is 6.92 Å².